The highest BCUT2D eigenvalue weighted by molar-refractivity contribution is 7.87. The molecule has 0 unspecified atom stereocenters. The van der Waals surface area contributed by atoms with Crippen LogP contribution in [0.5, 0.6) is 0 Å². The van der Waals surface area contributed by atoms with E-state index in [0.717, 1.165) is 11.1 Å². The smallest absolute Gasteiger partial charge is 0.314 e. The zero-order valence-corrected chi connectivity index (χ0v) is 18.6. The fourth-order valence-corrected chi connectivity index (χ4v) is 4.28. The SMILES string of the molecule is Cc1ccncc1-c1cc2cc(NC(=O)C(=O)NC3(C#N)CNS(=O)(=O)NC3)ncc2c(N)n1. The molecule has 6 N–H and O–H groups in total. The average molecular weight is 481 g/mol. The van der Waals surface area contributed by atoms with Crippen LogP contribution in [0.2, 0.25) is 0 Å². The molecule has 14 heteroatoms. The van der Waals surface area contributed by atoms with E-state index >= 15 is 0 Å². The van der Waals surface area contributed by atoms with E-state index in [0.29, 0.717) is 16.5 Å². The molecule has 1 aliphatic rings. The van der Waals surface area contributed by atoms with Gasteiger partial charge < -0.3 is 16.4 Å². The number of nitrogens with two attached hydrogens (primary N) is 1. The molecule has 13 nitrogen and oxygen atoms in total. The molecular formula is C20H19N9O4S. The lowest BCUT2D eigenvalue weighted by molar-refractivity contribution is -0.137. The van der Waals surface area contributed by atoms with Crippen molar-refractivity contribution >= 4 is 44.4 Å². The molecule has 0 saturated carbocycles. The number of fused-ring (bicyclic) bond motifs is 1. The van der Waals surface area contributed by atoms with Crippen molar-refractivity contribution < 1.29 is 18.0 Å². The predicted octanol–water partition coefficient (Wildman–Crippen LogP) is -0.663. The van der Waals surface area contributed by atoms with Gasteiger partial charge in [-0.15, -0.1) is 0 Å². The number of hydrogen-bond acceptors (Lipinski definition) is 9. The molecule has 1 saturated heterocycles. The highest BCUT2D eigenvalue weighted by Gasteiger charge is 2.39. The number of nitrogens with zero attached hydrogens (tertiary/aromatic N) is 4. The number of nitriles is 1. The van der Waals surface area contributed by atoms with Crippen molar-refractivity contribution in [2.45, 2.75) is 12.5 Å². The number of amides is 2. The normalized spacial score (nSPS) is 16.4. The second-order valence-corrected chi connectivity index (χ2v) is 9.21. The topological polar surface area (TPSA) is 205 Å². The van der Waals surface area contributed by atoms with Crippen LogP contribution >= 0.6 is 0 Å². The number of anilines is 2. The number of nitrogens with one attached hydrogen (secondary N) is 4. The zero-order valence-electron chi connectivity index (χ0n) is 17.8. The number of aryl methyl sites for hydroxylation is 1. The van der Waals surface area contributed by atoms with Crippen LogP contribution in [-0.4, -0.2) is 53.8 Å². The van der Waals surface area contributed by atoms with Gasteiger partial charge in [-0.25, -0.2) is 9.97 Å². The van der Waals surface area contributed by atoms with Crippen molar-refractivity contribution in [2.24, 2.45) is 0 Å². The summed E-state index contributed by atoms with van der Waals surface area (Å²) in [7, 11) is -3.75. The minimum atomic E-state index is -3.75. The van der Waals surface area contributed by atoms with E-state index in [9.17, 15) is 23.3 Å². The van der Waals surface area contributed by atoms with Crippen LogP contribution in [0.1, 0.15) is 5.56 Å². The van der Waals surface area contributed by atoms with Crippen LogP contribution in [0.15, 0.2) is 36.8 Å². The van der Waals surface area contributed by atoms with Crippen LogP contribution in [0.25, 0.3) is 22.0 Å². The second kappa shape index (κ2) is 8.63. The Labute approximate surface area is 194 Å². The van der Waals surface area contributed by atoms with Crippen LogP contribution in [-0.2, 0) is 19.8 Å². The summed E-state index contributed by atoms with van der Waals surface area (Å²) in [4.78, 5) is 37.4. The Morgan fingerprint density at radius 3 is 2.62 bits per heavy atom. The van der Waals surface area contributed by atoms with E-state index in [1.165, 1.54) is 12.3 Å². The second-order valence-electron chi connectivity index (χ2n) is 7.62. The maximum Gasteiger partial charge on any atom is 0.314 e. The van der Waals surface area contributed by atoms with E-state index in [4.69, 9.17) is 5.73 Å². The highest BCUT2D eigenvalue weighted by Crippen LogP contribution is 2.28. The summed E-state index contributed by atoms with van der Waals surface area (Å²) in [5, 5.41) is 15.2. The molecular weight excluding hydrogens is 462 g/mol. The van der Waals surface area contributed by atoms with Gasteiger partial charge in [0, 0.05) is 42.6 Å². The number of pyridine rings is 3. The largest absolute Gasteiger partial charge is 0.383 e. The minimum absolute atomic E-state index is 0.0700. The van der Waals surface area contributed by atoms with Gasteiger partial charge in [-0.05, 0) is 36.1 Å². The maximum atomic E-state index is 12.4. The van der Waals surface area contributed by atoms with Gasteiger partial charge >= 0.3 is 11.8 Å². The van der Waals surface area contributed by atoms with Gasteiger partial charge in [0.1, 0.15) is 11.6 Å². The first-order valence-corrected chi connectivity index (χ1v) is 11.4. The maximum absolute atomic E-state index is 12.4. The molecule has 0 bridgehead atoms. The van der Waals surface area contributed by atoms with Crippen molar-refractivity contribution in [3.8, 4) is 17.3 Å². The molecule has 2 amide bonds. The van der Waals surface area contributed by atoms with Gasteiger partial charge in [0.2, 0.25) is 0 Å². The quantitative estimate of drug-likeness (QED) is 0.301. The zero-order chi connectivity index (χ0) is 24.5. The van der Waals surface area contributed by atoms with Crippen molar-refractivity contribution in [3.63, 3.8) is 0 Å². The van der Waals surface area contributed by atoms with E-state index in [2.05, 4.69) is 35.0 Å². The third-order valence-corrected chi connectivity index (χ3v) is 6.25. The molecule has 0 aromatic carbocycles. The molecule has 0 atom stereocenters. The first kappa shape index (κ1) is 23.0. The minimum Gasteiger partial charge on any atom is -0.383 e. The summed E-state index contributed by atoms with van der Waals surface area (Å²) in [6.45, 7) is 1.13. The van der Waals surface area contributed by atoms with Gasteiger partial charge in [0.25, 0.3) is 10.2 Å². The lowest BCUT2D eigenvalue weighted by atomic mass is 10.0. The molecule has 0 aliphatic carbocycles. The van der Waals surface area contributed by atoms with E-state index in [1.54, 1.807) is 18.5 Å². The van der Waals surface area contributed by atoms with Gasteiger partial charge in [-0.2, -0.15) is 23.1 Å². The molecule has 4 rings (SSSR count). The fraction of sp³-hybridized carbons (Fsp3) is 0.200. The van der Waals surface area contributed by atoms with E-state index < -0.39 is 40.7 Å². The van der Waals surface area contributed by atoms with Crippen LogP contribution in [0.4, 0.5) is 11.6 Å². The standard InChI is InChI=1S/C20H19N9O4S/c1-11-2-3-23-6-13(11)15-4-12-5-16(24-7-14(12)17(22)27-15)28-18(30)19(31)29-20(8-21)9-25-34(32,33)26-10-20/h2-7,25-26H,9-10H2,1H3,(H2,22,27)(H,29,31)(H,24,28,30). The number of carbonyl (C=O) groups is 2. The number of hydrogen-bond donors (Lipinski definition) is 5. The lowest BCUT2D eigenvalue weighted by Gasteiger charge is -2.31. The summed E-state index contributed by atoms with van der Waals surface area (Å²) in [6, 6.07) is 6.95. The number of aromatic nitrogens is 3. The summed E-state index contributed by atoms with van der Waals surface area (Å²) in [5.74, 6) is -1.91. The summed E-state index contributed by atoms with van der Waals surface area (Å²) in [5.41, 5.74) is 6.78. The Morgan fingerprint density at radius 1 is 1.21 bits per heavy atom. The lowest BCUT2D eigenvalue weighted by Crippen LogP contribution is -2.67. The summed E-state index contributed by atoms with van der Waals surface area (Å²) in [6.07, 6.45) is 4.75. The molecule has 0 spiro atoms. The number of carbonyl (C=O) groups excluding carboxylic acids is 2. The Morgan fingerprint density at radius 2 is 1.94 bits per heavy atom. The van der Waals surface area contributed by atoms with Gasteiger partial charge in [-0.1, -0.05) is 0 Å². The fourth-order valence-electron chi connectivity index (χ4n) is 3.30. The monoisotopic (exact) mass is 481 g/mol. The molecule has 34 heavy (non-hydrogen) atoms. The molecule has 1 aliphatic heterocycles. The Kier molecular flexibility index (Phi) is 5.83. The van der Waals surface area contributed by atoms with Gasteiger partial charge in [0.05, 0.1) is 11.8 Å². The van der Waals surface area contributed by atoms with E-state index in [1.807, 2.05) is 19.1 Å². The first-order valence-electron chi connectivity index (χ1n) is 9.88. The first-order chi connectivity index (χ1) is 16.1. The van der Waals surface area contributed by atoms with Gasteiger partial charge in [0.15, 0.2) is 5.54 Å². The van der Waals surface area contributed by atoms with Crippen molar-refractivity contribution in [1.29, 1.82) is 5.26 Å². The third kappa shape index (κ3) is 4.62. The Hall–Kier alpha value is -4.19. The van der Waals surface area contributed by atoms with Crippen LogP contribution in [0, 0.1) is 18.3 Å². The van der Waals surface area contributed by atoms with E-state index in [-0.39, 0.29) is 11.6 Å². The molecule has 3 aromatic heterocycles. The molecule has 0 radical (unpaired) electrons. The molecule has 174 valence electrons. The Balaban J connectivity index is 1.55. The van der Waals surface area contributed by atoms with Crippen molar-refractivity contribution in [2.75, 3.05) is 24.1 Å². The highest BCUT2D eigenvalue weighted by atomic mass is 32.2. The number of nitrogen functional groups attached to an aromatic ring is 1. The van der Waals surface area contributed by atoms with Crippen molar-refractivity contribution in [1.82, 2.24) is 29.7 Å². The Bertz CT molecular complexity index is 1450. The average Bonchev–Trinajstić information content (AvgIpc) is 2.80. The summed E-state index contributed by atoms with van der Waals surface area (Å²) < 4.78 is 27.1. The van der Waals surface area contributed by atoms with Crippen molar-refractivity contribution in [3.05, 3.63) is 42.4 Å². The predicted molar refractivity (Wildman–Crippen MR) is 122 cm³/mol. The summed E-state index contributed by atoms with van der Waals surface area (Å²) >= 11 is 0. The molecule has 3 aromatic rings. The number of rotatable bonds is 3. The van der Waals surface area contributed by atoms with Crippen LogP contribution < -0.4 is 25.8 Å². The molecule has 4 heterocycles. The van der Waals surface area contributed by atoms with Crippen LogP contribution in [0.3, 0.4) is 0 Å². The third-order valence-electron chi connectivity index (χ3n) is 5.20. The molecule has 1 fully saturated rings. The van der Waals surface area contributed by atoms with Gasteiger partial charge in [-0.3, -0.25) is 14.6 Å².